The predicted molar refractivity (Wildman–Crippen MR) is 83.6 cm³/mol. The van der Waals surface area contributed by atoms with Crippen LogP contribution in [0.3, 0.4) is 0 Å². The SMILES string of the molecule is CCNC(=O)[C@H](C)NC(=O)CSc1nnc(NC2CC2)s1. The first-order chi connectivity index (χ1) is 10.1. The highest BCUT2D eigenvalue weighted by atomic mass is 32.2. The lowest BCUT2D eigenvalue weighted by Gasteiger charge is -2.12. The molecule has 1 saturated carbocycles. The highest BCUT2D eigenvalue weighted by Crippen LogP contribution is 2.29. The quantitative estimate of drug-likeness (QED) is 0.612. The first-order valence-electron chi connectivity index (χ1n) is 6.88. The summed E-state index contributed by atoms with van der Waals surface area (Å²) in [5, 5.41) is 17.4. The molecule has 1 aliphatic rings. The van der Waals surface area contributed by atoms with Crippen LogP contribution in [-0.2, 0) is 9.59 Å². The van der Waals surface area contributed by atoms with Crippen LogP contribution in [0, 0.1) is 0 Å². The molecular formula is C12H19N5O2S2. The molecule has 1 aromatic rings. The standard InChI is InChI=1S/C12H19N5O2S2/c1-3-13-10(19)7(2)14-9(18)6-20-12-17-16-11(21-12)15-8-4-5-8/h7-8H,3-6H2,1-2H3,(H,13,19)(H,14,18)(H,15,16)/t7-/m0/s1. The Balaban J connectivity index is 1.70. The number of anilines is 1. The van der Waals surface area contributed by atoms with E-state index in [4.69, 9.17) is 0 Å². The second-order valence-electron chi connectivity index (χ2n) is 4.76. The minimum Gasteiger partial charge on any atom is -0.357 e. The summed E-state index contributed by atoms with van der Waals surface area (Å²) in [7, 11) is 0. The number of aromatic nitrogens is 2. The van der Waals surface area contributed by atoms with Crippen LogP contribution in [0.4, 0.5) is 5.13 Å². The van der Waals surface area contributed by atoms with E-state index in [1.165, 1.54) is 35.9 Å². The van der Waals surface area contributed by atoms with Gasteiger partial charge in [-0.1, -0.05) is 23.1 Å². The minimum atomic E-state index is -0.528. The molecule has 1 fully saturated rings. The maximum atomic E-state index is 11.8. The van der Waals surface area contributed by atoms with Gasteiger partial charge in [-0.05, 0) is 26.7 Å². The fourth-order valence-corrected chi connectivity index (χ4v) is 3.17. The van der Waals surface area contributed by atoms with Crippen molar-refractivity contribution in [2.24, 2.45) is 0 Å². The van der Waals surface area contributed by atoms with Gasteiger partial charge < -0.3 is 16.0 Å². The highest BCUT2D eigenvalue weighted by molar-refractivity contribution is 8.01. The molecular weight excluding hydrogens is 310 g/mol. The summed E-state index contributed by atoms with van der Waals surface area (Å²) < 4.78 is 0.749. The van der Waals surface area contributed by atoms with Crippen LogP contribution in [0.15, 0.2) is 4.34 Å². The van der Waals surface area contributed by atoms with Gasteiger partial charge in [0.1, 0.15) is 6.04 Å². The molecule has 0 bridgehead atoms. The number of likely N-dealkylation sites (N-methyl/N-ethyl adjacent to an activating group) is 1. The summed E-state index contributed by atoms with van der Waals surface area (Å²) in [4.78, 5) is 23.3. The van der Waals surface area contributed by atoms with Crippen molar-refractivity contribution < 1.29 is 9.59 Å². The molecule has 1 aromatic heterocycles. The van der Waals surface area contributed by atoms with E-state index in [-0.39, 0.29) is 17.6 Å². The maximum absolute atomic E-state index is 11.8. The van der Waals surface area contributed by atoms with Crippen molar-refractivity contribution in [2.75, 3.05) is 17.6 Å². The Hall–Kier alpha value is -1.35. The van der Waals surface area contributed by atoms with E-state index in [0.29, 0.717) is 12.6 Å². The van der Waals surface area contributed by atoms with Crippen molar-refractivity contribution in [1.82, 2.24) is 20.8 Å². The van der Waals surface area contributed by atoms with Crippen molar-refractivity contribution in [3.05, 3.63) is 0 Å². The summed E-state index contributed by atoms with van der Waals surface area (Å²) in [5.41, 5.74) is 0. The van der Waals surface area contributed by atoms with Crippen LogP contribution in [-0.4, -0.2) is 46.4 Å². The lowest BCUT2D eigenvalue weighted by atomic mass is 10.3. The Bertz CT molecular complexity index is 504. The van der Waals surface area contributed by atoms with E-state index in [9.17, 15) is 9.59 Å². The van der Waals surface area contributed by atoms with Gasteiger partial charge in [0, 0.05) is 12.6 Å². The fourth-order valence-electron chi connectivity index (χ4n) is 1.53. The number of nitrogens with zero attached hydrogens (tertiary/aromatic N) is 2. The summed E-state index contributed by atoms with van der Waals surface area (Å²) in [6.45, 7) is 4.05. The molecule has 0 radical (unpaired) electrons. The summed E-state index contributed by atoms with van der Waals surface area (Å²) in [6, 6.07) is 0.0107. The third-order valence-electron chi connectivity index (χ3n) is 2.76. The van der Waals surface area contributed by atoms with E-state index >= 15 is 0 Å². The van der Waals surface area contributed by atoms with Gasteiger partial charge >= 0.3 is 0 Å². The summed E-state index contributed by atoms with van der Waals surface area (Å²) in [5.74, 6) is -0.143. The first-order valence-corrected chi connectivity index (χ1v) is 8.68. The van der Waals surface area contributed by atoms with E-state index in [1.807, 2.05) is 6.92 Å². The molecule has 0 aliphatic heterocycles. The molecule has 1 aliphatic carbocycles. The van der Waals surface area contributed by atoms with E-state index in [0.717, 1.165) is 9.47 Å². The number of hydrogen-bond acceptors (Lipinski definition) is 7. The number of carbonyl (C=O) groups excluding carboxylic acids is 2. The van der Waals surface area contributed by atoms with Gasteiger partial charge in [0.05, 0.1) is 5.75 Å². The van der Waals surface area contributed by atoms with Crippen molar-refractivity contribution in [2.45, 2.75) is 43.1 Å². The van der Waals surface area contributed by atoms with Crippen LogP contribution < -0.4 is 16.0 Å². The molecule has 3 N–H and O–H groups in total. The number of hydrogen-bond donors (Lipinski definition) is 3. The van der Waals surface area contributed by atoms with E-state index < -0.39 is 6.04 Å². The van der Waals surface area contributed by atoms with Gasteiger partial charge in [-0.25, -0.2) is 0 Å². The average molecular weight is 329 g/mol. The molecule has 116 valence electrons. The summed E-state index contributed by atoms with van der Waals surface area (Å²) >= 11 is 2.77. The summed E-state index contributed by atoms with van der Waals surface area (Å²) in [6.07, 6.45) is 2.37. The first kappa shape index (κ1) is 16.0. The number of rotatable bonds is 8. The van der Waals surface area contributed by atoms with Gasteiger partial charge in [0.25, 0.3) is 0 Å². The lowest BCUT2D eigenvalue weighted by molar-refractivity contribution is -0.127. The third-order valence-corrected chi connectivity index (χ3v) is 4.75. The lowest BCUT2D eigenvalue weighted by Crippen LogP contribution is -2.45. The fraction of sp³-hybridized carbons (Fsp3) is 0.667. The molecule has 0 saturated heterocycles. The number of carbonyl (C=O) groups is 2. The van der Waals surface area contributed by atoms with Crippen molar-refractivity contribution in [3.8, 4) is 0 Å². The molecule has 0 spiro atoms. The average Bonchev–Trinajstić information content (AvgIpc) is 3.14. The Morgan fingerprint density at radius 3 is 2.86 bits per heavy atom. The normalized spacial score (nSPS) is 15.3. The molecule has 9 heteroatoms. The Morgan fingerprint density at radius 1 is 1.43 bits per heavy atom. The van der Waals surface area contributed by atoms with Crippen LogP contribution in [0.1, 0.15) is 26.7 Å². The molecule has 1 heterocycles. The van der Waals surface area contributed by atoms with Gasteiger partial charge in [0.2, 0.25) is 16.9 Å². The van der Waals surface area contributed by atoms with Gasteiger partial charge in [-0.3, -0.25) is 9.59 Å². The third kappa shape index (κ3) is 5.50. The van der Waals surface area contributed by atoms with Gasteiger partial charge in [-0.15, -0.1) is 10.2 Å². The second kappa shape index (κ2) is 7.60. The molecule has 2 rings (SSSR count). The van der Waals surface area contributed by atoms with Crippen LogP contribution in [0.2, 0.25) is 0 Å². The molecule has 7 nitrogen and oxygen atoms in total. The van der Waals surface area contributed by atoms with Crippen molar-refractivity contribution >= 4 is 40.0 Å². The van der Waals surface area contributed by atoms with E-state index in [2.05, 4.69) is 26.1 Å². The zero-order valence-corrected chi connectivity index (χ0v) is 13.6. The number of amides is 2. The zero-order chi connectivity index (χ0) is 15.2. The number of thioether (sulfide) groups is 1. The van der Waals surface area contributed by atoms with Crippen molar-refractivity contribution in [1.29, 1.82) is 0 Å². The Labute approximate surface area is 131 Å². The van der Waals surface area contributed by atoms with Crippen LogP contribution in [0.25, 0.3) is 0 Å². The second-order valence-corrected chi connectivity index (χ2v) is 6.96. The van der Waals surface area contributed by atoms with Crippen LogP contribution >= 0.6 is 23.1 Å². The Morgan fingerprint density at radius 2 is 2.19 bits per heavy atom. The smallest absolute Gasteiger partial charge is 0.242 e. The van der Waals surface area contributed by atoms with Crippen LogP contribution in [0.5, 0.6) is 0 Å². The maximum Gasteiger partial charge on any atom is 0.242 e. The van der Waals surface area contributed by atoms with Gasteiger partial charge in [0.15, 0.2) is 4.34 Å². The molecule has 0 unspecified atom stereocenters. The van der Waals surface area contributed by atoms with Gasteiger partial charge in [-0.2, -0.15) is 0 Å². The molecule has 1 atom stereocenters. The topological polar surface area (TPSA) is 96.0 Å². The zero-order valence-electron chi connectivity index (χ0n) is 12.0. The minimum absolute atomic E-state index is 0.178. The highest BCUT2D eigenvalue weighted by Gasteiger charge is 2.22. The largest absolute Gasteiger partial charge is 0.357 e. The molecule has 21 heavy (non-hydrogen) atoms. The monoisotopic (exact) mass is 329 g/mol. The molecule has 0 aromatic carbocycles. The Kier molecular flexibility index (Phi) is 5.80. The van der Waals surface area contributed by atoms with E-state index in [1.54, 1.807) is 6.92 Å². The molecule has 2 amide bonds. The van der Waals surface area contributed by atoms with Crippen molar-refractivity contribution in [3.63, 3.8) is 0 Å². The number of nitrogens with one attached hydrogen (secondary N) is 3. The predicted octanol–water partition coefficient (Wildman–Crippen LogP) is 0.845.